The number of halogens is 2. The summed E-state index contributed by atoms with van der Waals surface area (Å²) in [6.45, 7) is 0. The molecule has 0 radical (unpaired) electrons. The Bertz CT molecular complexity index is 551. The van der Waals surface area contributed by atoms with Gasteiger partial charge in [0.05, 0.1) is 0 Å². The quantitative estimate of drug-likeness (QED) is 0.767. The first-order valence-corrected chi connectivity index (χ1v) is 7.45. The molecule has 0 bridgehead atoms. The summed E-state index contributed by atoms with van der Waals surface area (Å²) in [7, 11) is 0. The number of rotatable bonds is 4. The predicted octanol–water partition coefficient (Wildman–Crippen LogP) is 4.40. The highest BCUT2D eigenvalue weighted by molar-refractivity contribution is 7.93. The molecule has 0 saturated heterocycles. The molecule has 0 N–H and O–H groups in total. The van der Waals surface area contributed by atoms with Gasteiger partial charge in [-0.1, -0.05) is 35.9 Å². The van der Waals surface area contributed by atoms with Crippen LogP contribution in [0.4, 0.5) is 4.39 Å². The first kappa shape index (κ1) is 14.1. The molecule has 0 heterocycles. The van der Waals surface area contributed by atoms with Gasteiger partial charge in [-0.05, 0) is 47.1 Å². The van der Waals surface area contributed by atoms with Crippen LogP contribution in [0, 0.1) is 5.82 Å². The summed E-state index contributed by atoms with van der Waals surface area (Å²) in [4.78, 5) is 0. The maximum atomic E-state index is 12.7. The Morgan fingerprint density at radius 3 is 2.32 bits per heavy atom. The molecule has 0 saturated carbocycles. The standard InChI is InChI=1S/C15H12ClFOS/c16-14-5-1-13(2-6-14)11-19(18)10-9-12-3-7-15(17)8-4-12/h1-10H,11H2/b10-9-. The third-order valence-corrected chi connectivity index (χ3v) is 3.81. The van der Waals surface area contributed by atoms with Crippen molar-refractivity contribution >= 4 is 28.9 Å². The molecule has 98 valence electrons. The minimum Gasteiger partial charge on any atom is -0.612 e. The summed E-state index contributed by atoms with van der Waals surface area (Å²) in [6, 6.07) is 13.3. The van der Waals surface area contributed by atoms with E-state index in [1.54, 1.807) is 35.7 Å². The van der Waals surface area contributed by atoms with E-state index in [2.05, 4.69) is 0 Å². The zero-order valence-electron chi connectivity index (χ0n) is 10.1. The molecule has 0 aliphatic heterocycles. The van der Waals surface area contributed by atoms with E-state index in [1.165, 1.54) is 12.1 Å². The van der Waals surface area contributed by atoms with Crippen LogP contribution in [0.3, 0.4) is 0 Å². The van der Waals surface area contributed by atoms with Crippen molar-refractivity contribution in [2.24, 2.45) is 0 Å². The van der Waals surface area contributed by atoms with Gasteiger partial charge in [-0.15, -0.1) is 0 Å². The molecule has 2 aromatic rings. The van der Waals surface area contributed by atoms with Gasteiger partial charge >= 0.3 is 0 Å². The Morgan fingerprint density at radius 2 is 1.68 bits per heavy atom. The highest BCUT2D eigenvalue weighted by Gasteiger charge is 2.03. The van der Waals surface area contributed by atoms with Crippen LogP contribution in [0.2, 0.25) is 5.02 Å². The summed E-state index contributed by atoms with van der Waals surface area (Å²) >= 11 is 4.68. The van der Waals surface area contributed by atoms with Crippen LogP contribution in [0.15, 0.2) is 53.9 Å². The van der Waals surface area contributed by atoms with Crippen molar-refractivity contribution in [3.8, 4) is 0 Å². The van der Waals surface area contributed by atoms with Crippen LogP contribution in [-0.2, 0) is 16.9 Å². The lowest BCUT2D eigenvalue weighted by Crippen LogP contribution is -1.99. The molecular weight excluding hydrogens is 283 g/mol. The van der Waals surface area contributed by atoms with Crippen LogP contribution in [0.25, 0.3) is 6.08 Å². The molecule has 4 heteroatoms. The molecule has 19 heavy (non-hydrogen) atoms. The average Bonchev–Trinajstić information content (AvgIpc) is 2.41. The highest BCUT2D eigenvalue weighted by Crippen LogP contribution is 2.14. The van der Waals surface area contributed by atoms with E-state index in [0.717, 1.165) is 11.1 Å². The second-order valence-corrected chi connectivity index (χ2v) is 5.76. The lowest BCUT2D eigenvalue weighted by atomic mass is 10.2. The predicted molar refractivity (Wildman–Crippen MR) is 78.7 cm³/mol. The van der Waals surface area contributed by atoms with Crippen LogP contribution < -0.4 is 0 Å². The van der Waals surface area contributed by atoms with E-state index in [0.29, 0.717) is 10.8 Å². The van der Waals surface area contributed by atoms with Gasteiger partial charge in [0, 0.05) is 10.6 Å². The second kappa shape index (κ2) is 6.75. The SMILES string of the molecule is [O-][S+](/C=C\c1ccc(F)cc1)Cc1ccc(Cl)cc1. The molecule has 0 aliphatic rings. The van der Waals surface area contributed by atoms with Gasteiger partial charge in [0.1, 0.15) is 17.0 Å². The van der Waals surface area contributed by atoms with Gasteiger partial charge in [0.15, 0.2) is 0 Å². The van der Waals surface area contributed by atoms with E-state index >= 15 is 0 Å². The maximum absolute atomic E-state index is 12.7. The van der Waals surface area contributed by atoms with Crippen molar-refractivity contribution in [1.82, 2.24) is 0 Å². The molecule has 0 spiro atoms. The van der Waals surface area contributed by atoms with Crippen molar-refractivity contribution in [1.29, 1.82) is 0 Å². The summed E-state index contributed by atoms with van der Waals surface area (Å²) in [5.74, 6) is 0.161. The second-order valence-electron chi connectivity index (χ2n) is 4.01. The van der Waals surface area contributed by atoms with Gasteiger partial charge in [0.25, 0.3) is 0 Å². The van der Waals surface area contributed by atoms with Crippen LogP contribution >= 0.6 is 11.6 Å². The first-order valence-electron chi connectivity index (χ1n) is 5.69. The molecular formula is C15H12ClFOS. The van der Waals surface area contributed by atoms with Crippen LogP contribution in [0.5, 0.6) is 0 Å². The fraction of sp³-hybridized carbons (Fsp3) is 0.0667. The molecule has 0 amide bonds. The van der Waals surface area contributed by atoms with E-state index in [-0.39, 0.29) is 5.82 Å². The lowest BCUT2D eigenvalue weighted by molar-refractivity contribution is 0.603. The summed E-state index contributed by atoms with van der Waals surface area (Å²) in [5, 5.41) is 2.28. The van der Waals surface area contributed by atoms with Gasteiger partial charge in [0.2, 0.25) is 0 Å². The molecule has 0 aromatic heterocycles. The lowest BCUT2D eigenvalue weighted by Gasteiger charge is -2.05. The molecule has 0 aliphatic carbocycles. The number of hydrogen-bond donors (Lipinski definition) is 0. The Kier molecular flexibility index (Phi) is 5.02. The first-order chi connectivity index (χ1) is 9.13. The summed E-state index contributed by atoms with van der Waals surface area (Å²) in [5.41, 5.74) is 1.79. The maximum Gasteiger partial charge on any atom is 0.135 e. The molecule has 1 atom stereocenters. The third-order valence-electron chi connectivity index (χ3n) is 2.50. The fourth-order valence-corrected chi connectivity index (χ4v) is 2.57. The van der Waals surface area contributed by atoms with E-state index in [1.807, 2.05) is 12.1 Å². The Labute approximate surface area is 119 Å². The van der Waals surface area contributed by atoms with Gasteiger partial charge in [-0.2, -0.15) is 0 Å². The highest BCUT2D eigenvalue weighted by atomic mass is 35.5. The topological polar surface area (TPSA) is 23.1 Å². The van der Waals surface area contributed by atoms with Crippen molar-refractivity contribution in [3.63, 3.8) is 0 Å². The van der Waals surface area contributed by atoms with Crippen molar-refractivity contribution in [3.05, 3.63) is 75.9 Å². The van der Waals surface area contributed by atoms with E-state index in [4.69, 9.17) is 11.6 Å². The Morgan fingerprint density at radius 1 is 1.05 bits per heavy atom. The molecule has 1 nitrogen and oxygen atoms in total. The van der Waals surface area contributed by atoms with Crippen molar-refractivity contribution < 1.29 is 8.94 Å². The van der Waals surface area contributed by atoms with Gasteiger partial charge in [-0.3, -0.25) is 0 Å². The van der Waals surface area contributed by atoms with Crippen molar-refractivity contribution in [2.75, 3.05) is 0 Å². The summed E-state index contributed by atoms with van der Waals surface area (Å²) in [6.07, 6.45) is 1.73. The zero-order valence-corrected chi connectivity index (χ0v) is 11.6. The van der Waals surface area contributed by atoms with Gasteiger partial charge < -0.3 is 4.55 Å². The minimum absolute atomic E-state index is 0.278. The normalized spacial score (nSPS) is 12.8. The number of hydrogen-bond acceptors (Lipinski definition) is 1. The molecule has 1 unspecified atom stereocenters. The van der Waals surface area contributed by atoms with Crippen LogP contribution in [0.1, 0.15) is 11.1 Å². The fourth-order valence-electron chi connectivity index (χ4n) is 1.52. The molecule has 2 rings (SSSR count). The van der Waals surface area contributed by atoms with E-state index in [9.17, 15) is 8.94 Å². The van der Waals surface area contributed by atoms with Crippen LogP contribution in [-0.4, -0.2) is 4.55 Å². The monoisotopic (exact) mass is 294 g/mol. The Hall–Kier alpha value is -1.29. The number of benzene rings is 2. The third kappa shape index (κ3) is 4.71. The Balaban J connectivity index is 1.95. The molecule has 2 aromatic carbocycles. The molecule has 0 fully saturated rings. The smallest absolute Gasteiger partial charge is 0.135 e. The van der Waals surface area contributed by atoms with Crippen molar-refractivity contribution in [2.45, 2.75) is 5.75 Å². The minimum atomic E-state index is -1.10. The largest absolute Gasteiger partial charge is 0.612 e. The zero-order chi connectivity index (χ0) is 13.7. The average molecular weight is 295 g/mol. The summed E-state index contributed by atoms with van der Waals surface area (Å²) < 4.78 is 24.6. The van der Waals surface area contributed by atoms with E-state index < -0.39 is 11.2 Å². The van der Waals surface area contributed by atoms with Gasteiger partial charge in [-0.25, -0.2) is 4.39 Å².